The Morgan fingerprint density at radius 2 is 1.67 bits per heavy atom. The van der Waals surface area contributed by atoms with Crippen LogP contribution in [0.1, 0.15) is 26.7 Å². The predicted molar refractivity (Wildman–Crippen MR) is 65.8 cm³/mol. The minimum Gasteiger partial charge on any atom is -0.495 e. The van der Waals surface area contributed by atoms with Gasteiger partial charge >= 0.3 is 0 Å². The topological polar surface area (TPSA) is 12.5 Å². The van der Waals surface area contributed by atoms with Crippen LogP contribution in [0.2, 0.25) is 0 Å². The lowest BCUT2D eigenvalue weighted by molar-refractivity contribution is 0.414. The van der Waals surface area contributed by atoms with Crippen molar-refractivity contribution < 1.29 is 4.74 Å². The van der Waals surface area contributed by atoms with Gasteiger partial charge in [0.25, 0.3) is 0 Å². The zero-order chi connectivity index (χ0) is 11.1. The van der Waals surface area contributed by atoms with E-state index < -0.39 is 0 Å². The molecule has 1 aromatic carbocycles. The van der Waals surface area contributed by atoms with E-state index in [1.54, 1.807) is 7.11 Å². The highest BCUT2D eigenvalue weighted by Gasteiger charge is 2.08. The van der Waals surface area contributed by atoms with Crippen molar-refractivity contribution in [3.8, 4) is 5.75 Å². The second-order valence-electron chi connectivity index (χ2n) is 3.66. The van der Waals surface area contributed by atoms with Gasteiger partial charge in [-0.15, -0.1) is 0 Å². The first-order chi connectivity index (χ1) is 7.33. The molecular weight excluding hydrogens is 186 g/mol. The molecule has 0 saturated heterocycles. The van der Waals surface area contributed by atoms with Crippen molar-refractivity contribution in [3.05, 3.63) is 24.3 Å². The van der Waals surface area contributed by atoms with Crippen LogP contribution in [0.4, 0.5) is 5.69 Å². The molecule has 0 aliphatic heterocycles. The van der Waals surface area contributed by atoms with E-state index in [0.717, 1.165) is 31.7 Å². The zero-order valence-electron chi connectivity index (χ0n) is 9.99. The lowest BCUT2D eigenvalue weighted by Gasteiger charge is -2.25. The summed E-state index contributed by atoms with van der Waals surface area (Å²) in [4.78, 5) is 2.39. The van der Waals surface area contributed by atoms with Crippen LogP contribution in [0, 0.1) is 0 Å². The van der Waals surface area contributed by atoms with E-state index in [-0.39, 0.29) is 0 Å². The second kappa shape index (κ2) is 6.33. The maximum atomic E-state index is 5.38. The first-order valence-electron chi connectivity index (χ1n) is 5.71. The van der Waals surface area contributed by atoms with Gasteiger partial charge in [-0.2, -0.15) is 0 Å². The third-order valence-electron chi connectivity index (χ3n) is 2.41. The minimum absolute atomic E-state index is 0.972. The van der Waals surface area contributed by atoms with Gasteiger partial charge in [0, 0.05) is 13.1 Å². The monoisotopic (exact) mass is 207 g/mol. The molecular formula is C13H21NO. The minimum atomic E-state index is 0.972. The van der Waals surface area contributed by atoms with Gasteiger partial charge in [0.05, 0.1) is 12.8 Å². The van der Waals surface area contributed by atoms with Gasteiger partial charge < -0.3 is 9.64 Å². The van der Waals surface area contributed by atoms with E-state index in [2.05, 4.69) is 30.9 Å². The first kappa shape index (κ1) is 11.9. The molecule has 0 heterocycles. The molecule has 15 heavy (non-hydrogen) atoms. The zero-order valence-corrected chi connectivity index (χ0v) is 9.99. The van der Waals surface area contributed by atoms with Crippen LogP contribution in [-0.4, -0.2) is 20.2 Å². The van der Waals surface area contributed by atoms with E-state index in [1.807, 2.05) is 12.1 Å². The van der Waals surface area contributed by atoms with Crippen molar-refractivity contribution in [2.45, 2.75) is 26.7 Å². The van der Waals surface area contributed by atoms with Gasteiger partial charge in [-0.25, -0.2) is 0 Å². The van der Waals surface area contributed by atoms with E-state index in [0.29, 0.717) is 0 Å². The van der Waals surface area contributed by atoms with Gasteiger partial charge in [-0.1, -0.05) is 26.0 Å². The number of hydrogen-bond donors (Lipinski definition) is 0. The fourth-order valence-electron chi connectivity index (χ4n) is 1.78. The number of methoxy groups -OCH3 is 1. The van der Waals surface area contributed by atoms with Crippen LogP contribution >= 0.6 is 0 Å². The van der Waals surface area contributed by atoms with Crippen molar-refractivity contribution in [2.75, 3.05) is 25.1 Å². The van der Waals surface area contributed by atoms with Crippen molar-refractivity contribution in [1.29, 1.82) is 0 Å². The number of rotatable bonds is 6. The van der Waals surface area contributed by atoms with Crippen LogP contribution in [0.5, 0.6) is 5.75 Å². The van der Waals surface area contributed by atoms with Gasteiger partial charge in [0.15, 0.2) is 0 Å². The number of anilines is 1. The maximum Gasteiger partial charge on any atom is 0.142 e. The second-order valence-corrected chi connectivity index (χ2v) is 3.66. The highest BCUT2D eigenvalue weighted by atomic mass is 16.5. The van der Waals surface area contributed by atoms with Gasteiger partial charge in [-0.3, -0.25) is 0 Å². The highest BCUT2D eigenvalue weighted by Crippen LogP contribution is 2.27. The highest BCUT2D eigenvalue weighted by molar-refractivity contribution is 5.58. The summed E-state index contributed by atoms with van der Waals surface area (Å²) in [6.45, 7) is 6.60. The molecule has 1 aromatic rings. The number of ether oxygens (including phenoxy) is 1. The molecule has 1 rings (SSSR count). The molecule has 0 aromatic heterocycles. The summed E-state index contributed by atoms with van der Waals surface area (Å²) >= 11 is 0. The molecule has 0 aliphatic carbocycles. The summed E-state index contributed by atoms with van der Waals surface area (Å²) in [5, 5.41) is 0. The summed E-state index contributed by atoms with van der Waals surface area (Å²) in [5.41, 5.74) is 1.21. The Morgan fingerprint density at radius 3 is 2.20 bits per heavy atom. The Hall–Kier alpha value is -1.18. The molecule has 0 saturated carbocycles. The summed E-state index contributed by atoms with van der Waals surface area (Å²) in [6, 6.07) is 8.23. The van der Waals surface area contributed by atoms with Crippen molar-refractivity contribution in [2.24, 2.45) is 0 Å². The van der Waals surface area contributed by atoms with Gasteiger partial charge in [-0.05, 0) is 25.0 Å². The molecule has 0 N–H and O–H groups in total. The lowest BCUT2D eigenvalue weighted by Crippen LogP contribution is -2.25. The summed E-state index contributed by atoms with van der Waals surface area (Å²) in [7, 11) is 1.73. The molecule has 2 heteroatoms. The Morgan fingerprint density at radius 1 is 1.07 bits per heavy atom. The largest absolute Gasteiger partial charge is 0.495 e. The number of nitrogens with zero attached hydrogens (tertiary/aromatic N) is 1. The van der Waals surface area contributed by atoms with Crippen LogP contribution in [0.3, 0.4) is 0 Å². The standard InChI is InChI=1S/C13H21NO/c1-4-10-14(11-5-2)12-8-6-7-9-13(12)15-3/h6-9H,4-5,10-11H2,1-3H3. The van der Waals surface area contributed by atoms with E-state index in [1.165, 1.54) is 5.69 Å². The maximum absolute atomic E-state index is 5.38. The molecule has 0 bridgehead atoms. The molecule has 0 radical (unpaired) electrons. The lowest BCUT2D eigenvalue weighted by atomic mass is 10.2. The van der Waals surface area contributed by atoms with Crippen LogP contribution in [0.25, 0.3) is 0 Å². The Bertz CT molecular complexity index is 280. The molecule has 2 nitrogen and oxygen atoms in total. The van der Waals surface area contributed by atoms with Crippen molar-refractivity contribution in [1.82, 2.24) is 0 Å². The number of hydrogen-bond acceptors (Lipinski definition) is 2. The summed E-state index contributed by atoms with van der Waals surface area (Å²) < 4.78 is 5.38. The molecule has 0 spiro atoms. The van der Waals surface area contributed by atoms with Gasteiger partial charge in [0.1, 0.15) is 5.75 Å². The third kappa shape index (κ3) is 3.15. The van der Waals surface area contributed by atoms with E-state index in [4.69, 9.17) is 4.74 Å². The van der Waals surface area contributed by atoms with Crippen molar-refractivity contribution in [3.63, 3.8) is 0 Å². The normalized spacial score (nSPS) is 10.1. The fraction of sp³-hybridized carbons (Fsp3) is 0.538. The van der Waals surface area contributed by atoms with Crippen LogP contribution < -0.4 is 9.64 Å². The first-order valence-corrected chi connectivity index (χ1v) is 5.71. The molecule has 0 unspecified atom stereocenters. The molecule has 0 fully saturated rings. The van der Waals surface area contributed by atoms with E-state index in [9.17, 15) is 0 Å². The Kier molecular flexibility index (Phi) is 5.02. The molecule has 0 aliphatic rings. The number of para-hydroxylation sites is 2. The molecule has 84 valence electrons. The Labute approximate surface area is 92.9 Å². The summed E-state index contributed by atoms with van der Waals surface area (Å²) in [5.74, 6) is 0.972. The number of benzene rings is 1. The smallest absolute Gasteiger partial charge is 0.142 e. The molecule has 0 atom stereocenters. The molecule has 0 amide bonds. The fourth-order valence-corrected chi connectivity index (χ4v) is 1.78. The third-order valence-corrected chi connectivity index (χ3v) is 2.41. The Balaban J connectivity index is 2.88. The average Bonchev–Trinajstić information content (AvgIpc) is 2.29. The van der Waals surface area contributed by atoms with Gasteiger partial charge in [0.2, 0.25) is 0 Å². The quantitative estimate of drug-likeness (QED) is 0.709. The summed E-state index contributed by atoms with van der Waals surface area (Å²) in [6.07, 6.45) is 2.33. The van der Waals surface area contributed by atoms with Crippen molar-refractivity contribution >= 4 is 5.69 Å². The predicted octanol–water partition coefficient (Wildman–Crippen LogP) is 3.32. The van der Waals surface area contributed by atoms with E-state index >= 15 is 0 Å². The SMILES string of the molecule is CCCN(CCC)c1ccccc1OC. The van der Waals surface area contributed by atoms with Crippen LogP contribution in [0.15, 0.2) is 24.3 Å². The van der Waals surface area contributed by atoms with Crippen LogP contribution in [-0.2, 0) is 0 Å². The average molecular weight is 207 g/mol.